The van der Waals surface area contributed by atoms with Crippen LogP contribution in [0.3, 0.4) is 0 Å². The highest BCUT2D eigenvalue weighted by Gasteiger charge is 2.45. The number of rotatable bonds is 13. The summed E-state index contributed by atoms with van der Waals surface area (Å²) in [5.41, 5.74) is 1.43. The summed E-state index contributed by atoms with van der Waals surface area (Å²) >= 11 is 6.02. The molecule has 2 aromatic carbocycles. The van der Waals surface area contributed by atoms with Crippen molar-refractivity contribution in [3.63, 3.8) is 0 Å². The van der Waals surface area contributed by atoms with Crippen molar-refractivity contribution >= 4 is 64.3 Å². The molecule has 4 N–H and O–H groups in total. The lowest BCUT2D eigenvalue weighted by Gasteiger charge is -2.19. The molecule has 15 nitrogen and oxygen atoms in total. The van der Waals surface area contributed by atoms with Gasteiger partial charge in [-0.25, -0.2) is 9.79 Å². The van der Waals surface area contributed by atoms with E-state index in [9.17, 15) is 32.3 Å². The summed E-state index contributed by atoms with van der Waals surface area (Å²) in [5.74, 6) is -3.88. The number of alkyl halides is 3. The molecule has 0 aliphatic heterocycles. The van der Waals surface area contributed by atoms with Crippen molar-refractivity contribution in [2.75, 3.05) is 36.2 Å². The quantitative estimate of drug-likeness (QED) is 0.0819. The number of benzene rings is 2. The van der Waals surface area contributed by atoms with E-state index in [0.717, 1.165) is 18.4 Å². The molecule has 2 heterocycles. The van der Waals surface area contributed by atoms with Crippen LogP contribution in [0.25, 0.3) is 0 Å². The summed E-state index contributed by atoms with van der Waals surface area (Å²) in [7, 11) is 1.09. The molecule has 276 valence electrons. The second-order valence-corrected chi connectivity index (χ2v) is 12.0. The fraction of sp³-hybridized carbons (Fsp3) is 0.265. The Hall–Kier alpha value is -6.17. The van der Waals surface area contributed by atoms with Crippen LogP contribution < -0.4 is 26.0 Å². The monoisotopic (exact) mass is 753 g/mol. The molecule has 0 unspecified atom stereocenters. The Balaban J connectivity index is 1.24. The highest BCUT2D eigenvalue weighted by Crippen LogP contribution is 2.48. The summed E-state index contributed by atoms with van der Waals surface area (Å²) < 4.78 is 48.3. The second-order valence-electron chi connectivity index (χ2n) is 11.6. The summed E-state index contributed by atoms with van der Waals surface area (Å²) in [4.78, 5) is 69.9. The molecule has 4 aromatic rings. The number of halogens is 4. The number of aryl methyl sites for hydroxylation is 1. The van der Waals surface area contributed by atoms with Gasteiger partial charge in [0.15, 0.2) is 6.61 Å². The number of carbonyl (C=O) groups excluding carboxylic acids is 4. The molecule has 5 rings (SSSR count). The summed E-state index contributed by atoms with van der Waals surface area (Å²) in [6.07, 6.45) is -2.08. The second kappa shape index (κ2) is 16.4. The minimum absolute atomic E-state index is 0.0380. The van der Waals surface area contributed by atoms with Gasteiger partial charge in [0.05, 0.1) is 24.5 Å². The summed E-state index contributed by atoms with van der Waals surface area (Å²) in [6, 6.07) is 15.4. The van der Waals surface area contributed by atoms with Gasteiger partial charge >= 0.3 is 30.0 Å². The maximum atomic E-state index is 13.0. The van der Waals surface area contributed by atoms with Crippen LogP contribution in [0.4, 0.5) is 36.4 Å². The molecule has 0 saturated heterocycles. The van der Waals surface area contributed by atoms with Gasteiger partial charge in [-0.1, -0.05) is 23.7 Å². The van der Waals surface area contributed by atoms with Crippen molar-refractivity contribution in [2.45, 2.75) is 37.9 Å². The van der Waals surface area contributed by atoms with E-state index in [2.05, 4.69) is 46.2 Å². The van der Waals surface area contributed by atoms with E-state index in [1.807, 2.05) is 12.1 Å². The predicted molar refractivity (Wildman–Crippen MR) is 186 cm³/mol. The van der Waals surface area contributed by atoms with Crippen molar-refractivity contribution in [3.05, 3.63) is 88.7 Å². The topological polar surface area (TPSA) is 199 Å². The zero-order valence-electron chi connectivity index (χ0n) is 28.1. The largest absolute Gasteiger partial charge is 0.465 e. The van der Waals surface area contributed by atoms with Gasteiger partial charge in [0.25, 0.3) is 5.91 Å². The zero-order chi connectivity index (χ0) is 38.2. The number of esters is 1. The van der Waals surface area contributed by atoms with Crippen LogP contribution in [-0.4, -0.2) is 75.8 Å². The van der Waals surface area contributed by atoms with Crippen LogP contribution in [0.15, 0.2) is 71.9 Å². The highest BCUT2D eigenvalue weighted by molar-refractivity contribution is 6.40. The molecule has 0 bridgehead atoms. The number of methoxy groups -OCH3 is 1. The number of nitrogens with one attached hydrogen (secondary N) is 4. The predicted octanol–water partition coefficient (Wildman–Crippen LogP) is 4.91. The first-order valence-corrected chi connectivity index (χ1v) is 16.2. The number of pyridine rings is 1. The summed E-state index contributed by atoms with van der Waals surface area (Å²) in [6.45, 7) is -0.0883. The van der Waals surface area contributed by atoms with Crippen LogP contribution in [0.2, 0.25) is 5.02 Å². The van der Waals surface area contributed by atoms with Crippen molar-refractivity contribution in [1.82, 2.24) is 25.3 Å². The van der Waals surface area contributed by atoms with Crippen LogP contribution >= 0.6 is 11.6 Å². The lowest BCUT2D eigenvalue weighted by atomic mass is 10.1. The lowest BCUT2D eigenvalue weighted by Crippen LogP contribution is -2.37. The van der Waals surface area contributed by atoms with Gasteiger partial charge in [-0.3, -0.25) is 19.4 Å². The van der Waals surface area contributed by atoms with E-state index in [1.54, 1.807) is 31.2 Å². The maximum absolute atomic E-state index is 13.0. The van der Waals surface area contributed by atoms with E-state index in [-0.39, 0.29) is 36.1 Å². The lowest BCUT2D eigenvalue weighted by molar-refractivity contribution is -0.154. The molecule has 3 amide bonds. The number of aromatic nitrogens is 4. The molecule has 0 atom stereocenters. The first-order chi connectivity index (χ1) is 25.2. The fourth-order valence-electron chi connectivity index (χ4n) is 4.71. The molecule has 1 aliphatic rings. The van der Waals surface area contributed by atoms with Gasteiger partial charge in [0, 0.05) is 34.9 Å². The Labute approximate surface area is 304 Å². The molecule has 53 heavy (non-hydrogen) atoms. The highest BCUT2D eigenvalue weighted by atomic mass is 35.5. The Kier molecular flexibility index (Phi) is 11.8. The summed E-state index contributed by atoms with van der Waals surface area (Å²) in [5, 5.41) is 11.3. The molecule has 1 aliphatic carbocycles. The van der Waals surface area contributed by atoms with Crippen LogP contribution in [0.1, 0.15) is 40.9 Å². The van der Waals surface area contributed by atoms with Crippen molar-refractivity contribution in [3.8, 4) is 6.01 Å². The molecule has 1 saturated carbocycles. The zero-order valence-corrected chi connectivity index (χ0v) is 28.8. The molecule has 0 spiro atoms. The van der Waals surface area contributed by atoms with Gasteiger partial charge in [-0.05, 0) is 73.9 Å². The standard InChI is InChI=1S/C34H31ClF3N9O6/c1-19-3-10-24(17-40-19)41-28(50)27(49)39-16-13-25(29(51)52-2)43-26(48)20-4-11-23(12-5-20)42-30-44-31(46-32(45-30)53-18-34(36,37)38)47-33(14-15-33)21-6-8-22(35)9-7-21/h3-12,17H,13-16,18H2,1-2H3,(H,39,49)(H,41,50)(H2,42,44,45,46,47)/b43-25-. The molecule has 1 fully saturated rings. The van der Waals surface area contributed by atoms with E-state index in [1.165, 1.54) is 30.5 Å². The third kappa shape index (κ3) is 10.9. The Morgan fingerprint density at radius 3 is 2.21 bits per heavy atom. The Bertz CT molecular complexity index is 2010. The van der Waals surface area contributed by atoms with Crippen LogP contribution in [-0.2, 0) is 24.7 Å². The fourth-order valence-corrected chi connectivity index (χ4v) is 4.84. The Morgan fingerprint density at radius 2 is 1.58 bits per heavy atom. The average molecular weight is 754 g/mol. The minimum Gasteiger partial charge on any atom is -0.465 e. The van der Waals surface area contributed by atoms with Crippen LogP contribution in [0.5, 0.6) is 6.01 Å². The van der Waals surface area contributed by atoms with Crippen LogP contribution in [0, 0.1) is 6.92 Å². The third-order valence-electron chi connectivity index (χ3n) is 7.55. The molecule has 0 radical (unpaired) electrons. The number of carbonyl (C=O) groups is 4. The molecular formula is C34H31ClF3N9O6. The number of hydrogen-bond donors (Lipinski definition) is 4. The minimum atomic E-state index is -4.64. The number of aliphatic imine (C=N–C) groups is 1. The van der Waals surface area contributed by atoms with E-state index in [0.29, 0.717) is 29.2 Å². The van der Waals surface area contributed by atoms with Gasteiger partial charge in [0.1, 0.15) is 5.71 Å². The molecule has 19 heteroatoms. The Morgan fingerprint density at radius 1 is 0.906 bits per heavy atom. The SMILES string of the molecule is COC(=O)/C(CCNC(=O)C(=O)Nc1ccc(C)nc1)=N\C(=O)c1ccc(Nc2nc(NC3(c4ccc(Cl)cc4)CC3)nc(OCC(F)(F)F)n2)cc1. The molecule has 2 aromatic heterocycles. The van der Waals surface area contributed by atoms with Gasteiger partial charge < -0.3 is 30.7 Å². The van der Waals surface area contributed by atoms with Crippen molar-refractivity contribution in [2.24, 2.45) is 4.99 Å². The van der Waals surface area contributed by atoms with Gasteiger partial charge in [-0.2, -0.15) is 28.1 Å². The number of ether oxygens (including phenoxy) is 2. The maximum Gasteiger partial charge on any atom is 0.422 e. The van der Waals surface area contributed by atoms with Crippen molar-refractivity contribution < 1.29 is 41.8 Å². The molecular weight excluding hydrogens is 723 g/mol. The first kappa shape index (κ1) is 38.1. The smallest absolute Gasteiger partial charge is 0.422 e. The van der Waals surface area contributed by atoms with Crippen molar-refractivity contribution in [1.29, 1.82) is 0 Å². The third-order valence-corrected chi connectivity index (χ3v) is 7.80. The van der Waals surface area contributed by atoms with E-state index >= 15 is 0 Å². The van der Waals surface area contributed by atoms with E-state index in [4.69, 9.17) is 21.1 Å². The number of anilines is 4. The number of nitrogens with zero attached hydrogens (tertiary/aromatic N) is 5. The normalized spacial score (nSPS) is 13.4. The first-order valence-electron chi connectivity index (χ1n) is 15.8. The van der Waals surface area contributed by atoms with Gasteiger partial charge in [-0.15, -0.1) is 0 Å². The number of hydrogen-bond acceptors (Lipinski definition) is 12. The van der Waals surface area contributed by atoms with Gasteiger partial charge in [0.2, 0.25) is 11.9 Å². The van der Waals surface area contributed by atoms with E-state index < -0.39 is 48.0 Å². The average Bonchev–Trinajstić information content (AvgIpc) is 3.91. The number of amides is 3.